The second-order valence-corrected chi connectivity index (χ2v) is 9.19. The number of benzene rings is 1. The van der Waals surface area contributed by atoms with Gasteiger partial charge in [-0.25, -0.2) is 9.37 Å². The van der Waals surface area contributed by atoms with Gasteiger partial charge in [-0.3, -0.25) is 14.6 Å². The van der Waals surface area contributed by atoms with Crippen molar-refractivity contribution in [3.05, 3.63) is 71.3 Å². The molecule has 0 aliphatic carbocycles. The summed E-state index contributed by atoms with van der Waals surface area (Å²) in [7, 11) is 0. The van der Waals surface area contributed by atoms with Crippen molar-refractivity contribution in [1.82, 2.24) is 14.9 Å². The molecule has 0 saturated carbocycles. The fourth-order valence-electron chi connectivity index (χ4n) is 4.47. The van der Waals surface area contributed by atoms with Gasteiger partial charge in [0.2, 0.25) is 11.8 Å². The maximum Gasteiger partial charge on any atom is 0.272 e. The Morgan fingerprint density at radius 2 is 1.89 bits per heavy atom. The van der Waals surface area contributed by atoms with Crippen LogP contribution < -0.4 is 10.5 Å². The molecular weight excluding hydrogens is 447 g/mol. The zero-order valence-electron chi connectivity index (χ0n) is 20.3. The van der Waals surface area contributed by atoms with Gasteiger partial charge in [-0.15, -0.1) is 0 Å². The van der Waals surface area contributed by atoms with Gasteiger partial charge in [-0.05, 0) is 37.6 Å². The Morgan fingerprint density at radius 1 is 1.11 bits per heavy atom. The van der Waals surface area contributed by atoms with Crippen LogP contribution in [0.15, 0.2) is 48.7 Å². The molecule has 1 aliphatic rings. The number of halogens is 1. The number of rotatable bonds is 7. The summed E-state index contributed by atoms with van der Waals surface area (Å²) in [6.07, 6.45) is 2.46. The fraction of sp³-hybridized carbons (Fsp3) is 0.333. The van der Waals surface area contributed by atoms with Gasteiger partial charge in [0, 0.05) is 41.9 Å². The number of para-hydroxylation sites is 1. The number of ether oxygens (including phenoxy) is 1. The van der Waals surface area contributed by atoms with Crippen molar-refractivity contribution < 1.29 is 18.7 Å². The number of carbonyl (C=O) groups is 2. The van der Waals surface area contributed by atoms with Crippen LogP contribution in [0.1, 0.15) is 61.6 Å². The number of amides is 2. The highest BCUT2D eigenvalue weighted by Crippen LogP contribution is 2.52. The lowest BCUT2D eigenvalue weighted by Crippen LogP contribution is -2.38. The van der Waals surface area contributed by atoms with Crippen molar-refractivity contribution in [2.24, 2.45) is 11.1 Å². The summed E-state index contributed by atoms with van der Waals surface area (Å²) in [4.78, 5) is 35.8. The van der Waals surface area contributed by atoms with Crippen molar-refractivity contribution in [2.45, 2.75) is 40.0 Å². The second-order valence-electron chi connectivity index (χ2n) is 9.19. The van der Waals surface area contributed by atoms with E-state index in [0.717, 1.165) is 6.42 Å². The number of nitrogens with two attached hydrogens (primary N) is 1. The lowest BCUT2D eigenvalue weighted by molar-refractivity contribution is -0.126. The highest BCUT2D eigenvalue weighted by atomic mass is 19.1. The van der Waals surface area contributed by atoms with E-state index in [2.05, 4.69) is 9.97 Å². The number of nitrogens with zero attached hydrogens (tertiary/aromatic N) is 3. The first-order valence-electron chi connectivity index (χ1n) is 11.7. The molecule has 1 aliphatic heterocycles. The number of hydrogen-bond donors (Lipinski definition) is 1. The third-order valence-electron chi connectivity index (χ3n) is 6.51. The second kappa shape index (κ2) is 9.44. The summed E-state index contributed by atoms with van der Waals surface area (Å²) < 4.78 is 20.6. The molecule has 0 spiro atoms. The van der Waals surface area contributed by atoms with Crippen LogP contribution in [0, 0.1) is 11.2 Å². The Balaban J connectivity index is 1.72. The summed E-state index contributed by atoms with van der Waals surface area (Å²) >= 11 is 0. The third kappa shape index (κ3) is 4.36. The predicted octanol–water partition coefficient (Wildman–Crippen LogP) is 4.90. The quantitative estimate of drug-likeness (QED) is 0.523. The number of hydrogen-bond acceptors (Lipinski definition) is 5. The van der Waals surface area contributed by atoms with Crippen LogP contribution in [0.4, 0.5) is 4.39 Å². The fourth-order valence-corrected chi connectivity index (χ4v) is 4.47. The van der Waals surface area contributed by atoms with Crippen molar-refractivity contribution in [3.63, 3.8) is 0 Å². The molecular formula is C27H29FN4O3. The molecule has 1 unspecified atom stereocenters. The Kier molecular flexibility index (Phi) is 6.56. The Hall–Kier alpha value is -3.81. The van der Waals surface area contributed by atoms with Crippen LogP contribution in [0.25, 0.3) is 11.3 Å². The van der Waals surface area contributed by atoms with Crippen molar-refractivity contribution >= 4 is 11.8 Å². The molecule has 2 aromatic heterocycles. The zero-order valence-corrected chi connectivity index (χ0v) is 20.3. The van der Waals surface area contributed by atoms with Gasteiger partial charge in [-0.2, -0.15) is 0 Å². The molecule has 0 bridgehead atoms. The van der Waals surface area contributed by atoms with Crippen LogP contribution in [-0.2, 0) is 4.79 Å². The van der Waals surface area contributed by atoms with E-state index in [1.807, 2.05) is 19.9 Å². The van der Waals surface area contributed by atoms with Gasteiger partial charge >= 0.3 is 0 Å². The summed E-state index contributed by atoms with van der Waals surface area (Å²) in [6.45, 7) is 8.71. The first-order valence-corrected chi connectivity index (χ1v) is 11.7. The molecule has 8 heteroatoms. The van der Waals surface area contributed by atoms with Crippen LogP contribution in [0.5, 0.6) is 11.6 Å². The van der Waals surface area contributed by atoms with Crippen molar-refractivity contribution in [3.8, 4) is 22.9 Å². The molecule has 7 nitrogen and oxygen atoms in total. The normalized spacial score (nSPS) is 14.5. The van der Waals surface area contributed by atoms with Gasteiger partial charge in [0.05, 0.1) is 11.1 Å². The smallest absolute Gasteiger partial charge is 0.272 e. The predicted molar refractivity (Wildman–Crippen MR) is 131 cm³/mol. The van der Waals surface area contributed by atoms with E-state index < -0.39 is 23.1 Å². The number of fused-ring (bicyclic) bond motifs is 2. The van der Waals surface area contributed by atoms with Gasteiger partial charge in [0.1, 0.15) is 5.69 Å². The molecule has 0 saturated heterocycles. The van der Waals surface area contributed by atoms with Crippen molar-refractivity contribution in [1.29, 1.82) is 0 Å². The standard InChI is InChI=1S/C27H29FN4O3/c1-5-14-32(6-2)25(33)21-12-10-16(15-30-21)20-13-11-18-22(27(3,4)26(29)34)17-8-7-9-19(28)23(17)35-24(18)31-20/h7-13,15,22H,5-6,14H2,1-4H3,(H2,29,34). The van der Waals surface area contributed by atoms with Crippen LogP contribution >= 0.6 is 0 Å². The van der Waals surface area contributed by atoms with Crippen LogP contribution in [0.3, 0.4) is 0 Å². The Labute approximate surface area is 204 Å². The van der Waals surface area contributed by atoms with Gasteiger partial charge in [0.25, 0.3) is 5.91 Å². The van der Waals surface area contributed by atoms with E-state index in [0.29, 0.717) is 41.2 Å². The molecule has 1 atom stereocenters. The molecule has 0 fully saturated rings. The summed E-state index contributed by atoms with van der Waals surface area (Å²) in [5, 5.41) is 0. The minimum atomic E-state index is -1.02. The lowest BCUT2D eigenvalue weighted by Gasteiger charge is -2.36. The summed E-state index contributed by atoms with van der Waals surface area (Å²) in [5.41, 5.74) is 7.49. The van der Waals surface area contributed by atoms with Crippen LogP contribution in [-0.4, -0.2) is 39.8 Å². The van der Waals surface area contributed by atoms with E-state index in [-0.39, 0.29) is 17.5 Å². The molecule has 3 aromatic rings. The maximum absolute atomic E-state index is 14.7. The topological polar surface area (TPSA) is 98.4 Å². The molecule has 1 aromatic carbocycles. The van der Waals surface area contributed by atoms with Gasteiger partial charge in [-0.1, -0.05) is 39.0 Å². The summed E-state index contributed by atoms with van der Waals surface area (Å²) in [5.74, 6) is -1.46. The highest BCUT2D eigenvalue weighted by Gasteiger charge is 2.43. The van der Waals surface area contributed by atoms with E-state index in [1.54, 1.807) is 55.3 Å². The zero-order chi connectivity index (χ0) is 25.3. The molecule has 182 valence electrons. The van der Waals surface area contributed by atoms with E-state index in [1.165, 1.54) is 6.07 Å². The lowest BCUT2D eigenvalue weighted by atomic mass is 9.70. The molecule has 2 N–H and O–H groups in total. The SMILES string of the molecule is CCCN(CC)C(=O)c1ccc(-c2ccc3c(n2)Oc2c(F)cccc2C3C(C)(C)C(N)=O)cn1. The first kappa shape index (κ1) is 24.3. The minimum Gasteiger partial charge on any atom is -0.435 e. The highest BCUT2D eigenvalue weighted by molar-refractivity contribution is 5.92. The number of pyridine rings is 2. The van der Waals surface area contributed by atoms with Crippen LogP contribution in [0.2, 0.25) is 0 Å². The number of aromatic nitrogens is 2. The third-order valence-corrected chi connectivity index (χ3v) is 6.51. The Bertz CT molecular complexity index is 1270. The average molecular weight is 477 g/mol. The molecule has 2 amide bonds. The van der Waals surface area contributed by atoms with E-state index in [9.17, 15) is 14.0 Å². The van der Waals surface area contributed by atoms with E-state index in [4.69, 9.17) is 10.5 Å². The Morgan fingerprint density at radius 3 is 2.51 bits per heavy atom. The van der Waals surface area contributed by atoms with Gasteiger partial charge in [0.15, 0.2) is 11.6 Å². The molecule has 35 heavy (non-hydrogen) atoms. The van der Waals surface area contributed by atoms with E-state index >= 15 is 0 Å². The maximum atomic E-state index is 14.7. The number of carbonyl (C=O) groups excluding carboxylic acids is 2. The average Bonchev–Trinajstić information content (AvgIpc) is 2.85. The first-order chi connectivity index (χ1) is 16.7. The van der Waals surface area contributed by atoms with Crippen molar-refractivity contribution in [2.75, 3.05) is 13.1 Å². The van der Waals surface area contributed by atoms with Gasteiger partial charge < -0.3 is 15.4 Å². The minimum absolute atomic E-state index is 0.0404. The monoisotopic (exact) mass is 476 g/mol. The molecule has 0 radical (unpaired) electrons. The molecule has 4 rings (SSSR count). The molecule has 3 heterocycles. The number of primary amides is 1. The largest absolute Gasteiger partial charge is 0.435 e. The summed E-state index contributed by atoms with van der Waals surface area (Å²) in [6, 6.07) is 11.7.